The van der Waals surface area contributed by atoms with Gasteiger partial charge < -0.3 is 137 Å². The smallest absolute Gasteiger partial charge is 0.228 e. The van der Waals surface area contributed by atoms with Crippen LogP contribution in [0.2, 0.25) is 0 Å². The lowest BCUT2D eigenvalue weighted by Gasteiger charge is -2.25. The van der Waals surface area contributed by atoms with Crippen molar-refractivity contribution in [1.82, 2.24) is 20.0 Å². The Bertz CT molecular complexity index is 5470. The second kappa shape index (κ2) is 57.9. The van der Waals surface area contributed by atoms with Crippen LogP contribution in [0.3, 0.4) is 0 Å². The number of anilines is 5. The van der Waals surface area contributed by atoms with Crippen LogP contribution in [0.4, 0.5) is 45.9 Å². The van der Waals surface area contributed by atoms with Crippen LogP contribution < -0.4 is 133 Å². The number of rotatable bonds is 9. The molecule has 54 heteroatoms. The topological polar surface area (TPSA) is 797 Å². The molecule has 9 aromatic rings. The zero-order valence-electron chi connectivity index (χ0n) is 75.9. The molecule has 0 aliphatic heterocycles. The van der Waals surface area contributed by atoms with Gasteiger partial charge in [0.1, 0.15) is 20.8 Å². The quantitative estimate of drug-likeness (QED) is 0.0562. The number of hydrogen-bond donors (Lipinski definition) is 24. The fourth-order valence-corrected chi connectivity index (χ4v) is 14.4. The first kappa shape index (κ1) is 113. The monoisotopic (exact) mass is 1930 g/mol. The van der Waals surface area contributed by atoms with E-state index in [0.717, 1.165) is 50.6 Å². The summed E-state index contributed by atoms with van der Waals surface area (Å²) < 4.78 is 5.21. The van der Waals surface area contributed by atoms with E-state index < -0.39 is 0 Å². The second-order valence-corrected chi connectivity index (χ2v) is 35.8. The van der Waals surface area contributed by atoms with Gasteiger partial charge in [-0.1, -0.05) is 0 Å². The van der Waals surface area contributed by atoms with Crippen molar-refractivity contribution in [2.45, 2.75) is 62.3 Å². The number of furan rings is 1. The van der Waals surface area contributed by atoms with Crippen molar-refractivity contribution in [3.05, 3.63) is 154 Å². The van der Waals surface area contributed by atoms with Gasteiger partial charge in [-0.25, -0.2) is 15.0 Å². The molecular formula is C75H123N45OS8. The van der Waals surface area contributed by atoms with E-state index in [1.165, 1.54) is 66.6 Å². The molecule has 702 valence electrons. The van der Waals surface area contributed by atoms with Crippen molar-refractivity contribution in [2.75, 3.05) is 109 Å². The van der Waals surface area contributed by atoms with Crippen molar-refractivity contribution in [3.8, 4) is 0 Å². The number of aryl methyl sites for hydroxylation is 9. The Morgan fingerprint density at radius 2 is 0.721 bits per heavy atom. The molecule has 0 unspecified atom stereocenters. The summed E-state index contributed by atoms with van der Waals surface area (Å²) in [4.78, 5) is 75.0. The number of nitrogens with one attached hydrogen (secondary N) is 6. The summed E-state index contributed by atoms with van der Waals surface area (Å²) in [7, 11) is 20.4. The summed E-state index contributed by atoms with van der Waals surface area (Å²) in [5.41, 5.74) is 96.6. The third kappa shape index (κ3) is 46.4. The van der Waals surface area contributed by atoms with E-state index in [1.54, 1.807) is 170 Å². The van der Waals surface area contributed by atoms with E-state index in [4.69, 9.17) is 129 Å². The van der Waals surface area contributed by atoms with E-state index >= 15 is 0 Å². The molecule has 0 radical (unpaired) electrons. The summed E-state index contributed by atoms with van der Waals surface area (Å²) in [6.07, 6.45) is 0. The molecule has 42 N–H and O–H groups in total. The predicted molar refractivity (Wildman–Crippen MR) is 558 cm³/mol. The van der Waals surface area contributed by atoms with E-state index in [9.17, 15) is 0 Å². The fourth-order valence-electron chi connectivity index (χ4n) is 8.06. The van der Waals surface area contributed by atoms with Crippen molar-refractivity contribution in [3.63, 3.8) is 0 Å². The first-order valence-electron chi connectivity index (χ1n) is 37.2. The van der Waals surface area contributed by atoms with Crippen LogP contribution in [0.5, 0.6) is 0 Å². The molecule has 0 amide bonds. The molecule has 0 aliphatic carbocycles. The van der Waals surface area contributed by atoms with Crippen molar-refractivity contribution in [1.29, 1.82) is 21.6 Å². The molecule has 0 fully saturated rings. The first-order valence-corrected chi connectivity index (χ1v) is 43.7. The highest BCUT2D eigenvalue weighted by molar-refractivity contribution is 7.18. The van der Waals surface area contributed by atoms with Crippen LogP contribution in [0.15, 0.2) is 184 Å². The molecule has 129 heavy (non-hydrogen) atoms. The van der Waals surface area contributed by atoms with Crippen LogP contribution in [-0.4, -0.2) is 207 Å². The Morgan fingerprint density at radius 3 is 1.09 bits per heavy atom. The third-order valence-electron chi connectivity index (χ3n) is 14.7. The molecule has 9 rings (SSSR count). The average Bonchev–Trinajstić information content (AvgIpc) is 1.74. The van der Waals surface area contributed by atoms with Crippen molar-refractivity contribution < 1.29 is 4.42 Å². The second-order valence-electron chi connectivity index (χ2n) is 25.7. The molecule has 0 bridgehead atoms. The van der Waals surface area contributed by atoms with Crippen LogP contribution in [0.1, 0.15) is 44.8 Å². The number of nitrogens with zero attached hydrogens (tertiary/aromatic N) is 21. The van der Waals surface area contributed by atoms with Gasteiger partial charge in [0, 0.05) is 130 Å². The Labute approximate surface area is 783 Å². The number of aliphatic imine (C=N–C) groups is 14. The average molecular weight is 1930 g/mol. The molecule has 9 heterocycles. The van der Waals surface area contributed by atoms with E-state index in [1.807, 2.05) is 178 Å². The highest BCUT2D eigenvalue weighted by Crippen LogP contribution is 2.30. The number of thiophene rings is 8. The standard InChI is InChI=1S/C9H15N5O.3C9H15N5S.4C8H13N5S.C7H11N5S/c1-6-4-5-7(15-6)12-8(10)13-9(11)14(2)3;1-6-4-5-7(15-6)14(3)9(11)13-8(10)12-2;1-6-4-5-7(15-6)13(2)9(12)14(3)8(10)11;1-6-4-5-7(15-6)14(3)9(12-2)13-8(10)11;1-5-3-4-6(14-5)12-8(10)13-7(9)11-2;1-5-3-4-6(14-5)13(2)8(11)12-7(9)10;1-5-3-4-6(14-5)12-8(11)13(2)7(9)10;1-5-3-4-6(14-5)12-8(11-2)13-7(9)10;1-4-2-3-5(13-4)11-7(10)12-6(8)9/h2*4-5H,1-3H3,(H4,10,11,12,13);4-5,12H,1-3H3,(H3,10,11);4-5H,1-3H3,(H4,10,11,12,13);3-4H,1-2H3,(H5,9,10,11,12,13);3-4H,1-2H3,(H5,9,10,11,12);3-4H,1-2H3,(H3,9,10)(H2,11,12);3-4H,1-2H3,(H5,9,10,11,12,13);2-3H,1H3,(H6,8,9,10,11,12). The summed E-state index contributed by atoms with van der Waals surface area (Å²) in [6, 6.07) is 34.9. The molecule has 0 spiro atoms. The lowest BCUT2D eigenvalue weighted by Crippen LogP contribution is -2.45. The van der Waals surface area contributed by atoms with Gasteiger partial charge in [0.15, 0.2) is 47.7 Å². The Morgan fingerprint density at radius 1 is 0.326 bits per heavy atom. The maximum atomic E-state index is 7.82. The lowest BCUT2D eigenvalue weighted by atomic mass is 10.5. The van der Waals surface area contributed by atoms with Gasteiger partial charge in [-0.05, 0) is 165 Å². The minimum atomic E-state index is -0.139. The fraction of sp³-hybridized carbons (Fsp3) is 0.280. The molecular weight excluding hydrogens is 1800 g/mol. The van der Waals surface area contributed by atoms with E-state index in [0.29, 0.717) is 29.7 Å². The lowest BCUT2D eigenvalue weighted by molar-refractivity contribution is 0.544. The summed E-state index contributed by atoms with van der Waals surface area (Å²) in [5, 5.41) is 42.8. The van der Waals surface area contributed by atoms with Crippen molar-refractivity contribution >= 4 is 244 Å². The molecule has 46 nitrogen and oxygen atoms in total. The van der Waals surface area contributed by atoms with Crippen LogP contribution in [0, 0.1) is 84.0 Å². The van der Waals surface area contributed by atoms with Crippen LogP contribution >= 0.6 is 90.7 Å². The van der Waals surface area contributed by atoms with E-state index in [2.05, 4.69) is 80.5 Å². The third-order valence-corrected chi connectivity index (χ3v) is 22.6. The van der Waals surface area contributed by atoms with Gasteiger partial charge in [-0.3, -0.25) is 56.7 Å². The summed E-state index contributed by atoms with van der Waals surface area (Å²) in [6.45, 7) is 17.9. The zero-order chi connectivity index (χ0) is 98.2. The number of nitrogens with two attached hydrogens (primary N) is 18. The summed E-state index contributed by atoms with van der Waals surface area (Å²) in [5.74, 6) is 3.51. The van der Waals surface area contributed by atoms with Gasteiger partial charge in [-0.2, -0.15) is 34.9 Å². The van der Waals surface area contributed by atoms with Gasteiger partial charge in [0.25, 0.3) is 0 Å². The van der Waals surface area contributed by atoms with E-state index in [-0.39, 0.29) is 83.4 Å². The van der Waals surface area contributed by atoms with Gasteiger partial charge in [0.2, 0.25) is 65.5 Å². The largest absolute Gasteiger partial charge is 0.444 e. The number of guanidine groups is 18. The van der Waals surface area contributed by atoms with Gasteiger partial charge in [-0.15, -0.1) is 90.7 Å². The minimum Gasteiger partial charge on any atom is -0.444 e. The molecule has 0 saturated carbocycles. The molecule has 0 aromatic carbocycles. The predicted octanol–water partition coefficient (Wildman–Crippen LogP) is 6.24. The Hall–Kier alpha value is -14.5. The van der Waals surface area contributed by atoms with Crippen LogP contribution in [-0.2, 0) is 0 Å². The SMILES string of the molecule is CN=C(N)N=C(N)N(C)c1ccc(C)s1.CN=C(N)NC(N)=Nc1ccc(C)s1.CN=C(N=C(N)N)N(C)c1ccc(C)s1.CN=C(N=C(N)N)Nc1ccc(C)s1.Cc1ccc(N(C)C(=N)N(C)C(=N)N)s1.Cc1ccc(N(C)C(=N)N=C(N)N)s1.Cc1ccc(N=C(N)N(C)C(=N)N)s1.Cc1ccc(N=C(N)N=C(N)N(C)C)o1.Cc1ccc(N=C(N)N=C(N)N)s1. The maximum Gasteiger partial charge on any atom is 0.228 e. The van der Waals surface area contributed by atoms with Crippen molar-refractivity contribution in [2.24, 2.45) is 173 Å². The zero-order valence-corrected chi connectivity index (χ0v) is 82.4. The normalized spacial score (nSPS) is 11.5. The Kier molecular flexibility index (Phi) is 50.6. The minimum absolute atomic E-state index is 0.00798. The van der Waals surface area contributed by atoms with Gasteiger partial charge >= 0.3 is 0 Å². The van der Waals surface area contributed by atoms with Gasteiger partial charge in [0.05, 0.1) is 25.0 Å². The molecule has 0 saturated heterocycles. The Balaban J connectivity index is 0.000000726. The highest BCUT2D eigenvalue weighted by Gasteiger charge is 2.16. The highest BCUT2D eigenvalue weighted by atomic mass is 32.1. The molecule has 9 aromatic heterocycles. The maximum absolute atomic E-state index is 7.82. The first-order chi connectivity index (χ1) is 60.3. The summed E-state index contributed by atoms with van der Waals surface area (Å²) >= 11 is 12.7. The molecule has 0 atom stereocenters. The van der Waals surface area contributed by atoms with Crippen LogP contribution in [0.25, 0.3) is 0 Å². The number of hydrogen-bond acceptors (Lipinski definition) is 21. The molecule has 0 aliphatic rings.